The van der Waals surface area contributed by atoms with Crippen LogP contribution in [0.5, 0.6) is 0 Å². The van der Waals surface area contributed by atoms with Crippen molar-refractivity contribution in [3.8, 4) is 0 Å². The third-order valence-electron chi connectivity index (χ3n) is 2.78. The predicted octanol–water partition coefficient (Wildman–Crippen LogP) is 3.94. The summed E-state index contributed by atoms with van der Waals surface area (Å²) in [5.74, 6) is -0.695. The van der Waals surface area contributed by atoms with Crippen LogP contribution >= 0.6 is 15.9 Å². The van der Waals surface area contributed by atoms with E-state index in [2.05, 4.69) is 21.2 Å². The van der Waals surface area contributed by atoms with Gasteiger partial charge in [0.25, 0.3) is 0 Å². The van der Waals surface area contributed by atoms with Gasteiger partial charge in [-0.3, -0.25) is 0 Å². The normalized spacial score (nSPS) is 12.7. The molecule has 0 aliphatic rings. The summed E-state index contributed by atoms with van der Waals surface area (Å²) < 4.78 is 33.8. The molecule has 18 heavy (non-hydrogen) atoms. The fourth-order valence-corrected chi connectivity index (χ4v) is 2.17. The van der Waals surface area contributed by atoms with Crippen molar-refractivity contribution in [1.29, 1.82) is 0 Å². The van der Waals surface area contributed by atoms with Crippen LogP contribution in [-0.4, -0.2) is 7.05 Å². The zero-order valence-electron chi connectivity index (χ0n) is 9.93. The third kappa shape index (κ3) is 2.33. The number of nitrogens with one attached hydrogen (secondary N) is 1. The first-order valence-corrected chi connectivity index (χ1v) is 6.21. The standard InChI is InChI=1S/C13H12BrF2NO/c1-7-3-4-8(15)11(12(7)16)13(17-2)9-5-6-10(14)18-9/h3-6,13,17H,1-2H3. The van der Waals surface area contributed by atoms with Crippen LogP contribution in [0.2, 0.25) is 0 Å². The highest BCUT2D eigenvalue weighted by molar-refractivity contribution is 9.10. The number of furan rings is 1. The van der Waals surface area contributed by atoms with E-state index in [1.807, 2.05) is 0 Å². The molecule has 2 aromatic rings. The highest BCUT2D eigenvalue weighted by Gasteiger charge is 2.24. The van der Waals surface area contributed by atoms with Crippen LogP contribution in [0.15, 0.2) is 33.4 Å². The second-order valence-corrected chi connectivity index (χ2v) is 4.74. The summed E-state index contributed by atoms with van der Waals surface area (Å²) in [6.07, 6.45) is 0. The van der Waals surface area contributed by atoms with E-state index in [1.54, 1.807) is 26.1 Å². The van der Waals surface area contributed by atoms with E-state index in [0.29, 0.717) is 16.0 Å². The molecule has 0 aliphatic heterocycles. The molecular formula is C13H12BrF2NO. The molecule has 1 aromatic carbocycles. The molecule has 0 bridgehead atoms. The first-order valence-electron chi connectivity index (χ1n) is 5.41. The minimum Gasteiger partial charge on any atom is -0.452 e. The SMILES string of the molecule is CNC(c1ccc(Br)o1)c1c(F)ccc(C)c1F. The maximum Gasteiger partial charge on any atom is 0.169 e. The average molecular weight is 316 g/mol. The lowest BCUT2D eigenvalue weighted by molar-refractivity contribution is 0.425. The number of benzene rings is 1. The van der Waals surface area contributed by atoms with Crippen LogP contribution in [0.4, 0.5) is 8.78 Å². The van der Waals surface area contributed by atoms with Crippen LogP contribution in [0.3, 0.4) is 0 Å². The van der Waals surface area contributed by atoms with Gasteiger partial charge in [0.15, 0.2) is 4.67 Å². The monoisotopic (exact) mass is 315 g/mol. The van der Waals surface area contributed by atoms with Gasteiger partial charge in [-0.2, -0.15) is 0 Å². The van der Waals surface area contributed by atoms with Gasteiger partial charge in [-0.25, -0.2) is 8.78 Å². The van der Waals surface area contributed by atoms with Crippen molar-refractivity contribution in [3.63, 3.8) is 0 Å². The quantitative estimate of drug-likeness (QED) is 0.928. The largest absolute Gasteiger partial charge is 0.452 e. The molecule has 0 saturated heterocycles. The van der Waals surface area contributed by atoms with Gasteiger partial charge in [0.1, 0.15) is 17.4 Å². The summed E-state index contributed by atoms with van der Waals surface area (Å²) in [6, 6.07) is 5.38. The van der Waals surface area contributed by atoms with Gasteiger partial charge in [-0.05, 0) is 53.7 Å². The van der Waals surface area contributed by atoms with Gasteiger partial charge in [-0.1, -0.05) is 6.07 Å². The minimum absolute atomic E-state index is 0.0284. The van der Waals surface area contributed by atoms with Crippen LogP contribution < -0.4 is 5.32 Å². The second kappa shape index (κ2) is 5.20. The Balaban J connectivity index is 2.55. The fraction of sp³-hybridized carbons (Fsp3) is 0.231. The first-order chi connectivity index (χ1) is 8.54. The molecule has 2 rings (SSSR count). The van der Waals surface area contributed by atoms with Crippen LogP contribution in [0.1, 0.15) is 22.9 Å². The molecule has 0 saturated carbocycles. The smallest absolute Gasteiger partial charge is 0.169 e. The van der Waals surface area contributed by atoms with Crippen molar-refractivity contribution >= 4 is 15.9 Å². The Morgan fingerprint density at radius 1 is 1.22 bits per heavy atom. The summed E-state index contributed by atoms with van der Waals surface area (Å²) >= 11 is 3.17. The molecule has 0 amide bonds. The van der Waals surface area contributed by atoms with E-state index in [4.69, 9.17) is 4.42 Å². The average Bonchev–Trinajstić information content (AvgIpc) is 2.76. The molecule has 1 atom stereocenters. The predicted molar refractivity (Wildman–Crippen MR) is 68.4 cm³/mol. The molecule has 0 aliphatic carbocycles. The molecule has 96 valence electrons. The Labute approximate surface area is 112 Å². The summed E-state index contributed by atoms with van der Waals surface area (Å²) in [5, 5.41) is 2.86. The van der Waals surface area contributed by atoms with Gasteiger partial charge >= 0.3 is 0 Å². The fourth-order valence-electron chi connectivity index (χ4n) is 1.86. The lowest BCUT2D eigenvalue weighted by Gasteiger charge is -2.16. The van der Waals surface area contributed by atoms with Crippen molar-refractivity contribution in [2.24, 2.45) is 0 Å². The van der Waals surface area contributed by atoms with Gasteiger partial charge in [-0.15, -0.1) is 0 Å². The lowest BCUT2D eigenvalue weighted by atomic mass is 10.0. The van der Waals surface area contributed by atoms with Crippen molar-refractivity contribution in [1.82, 2.24) is 5.32 Å². The summed E-state index contributed by atoms with van der Waals surface area (Å²) in [5.41, 5.74) is 0.372. The zero-order chi connectivity index (χ0) is 13.3. The molecule has 0 radical (unpaired) electrons. The number of halogens is 3. The van der Waals surface area contributed by atoms with Crippen molar-refractivity contribution in [2.45, 2.75) is 13.0 Å². The molecule has 2 nitrogen and oxygen atoms in total. The Hall–Kier alpha value is -1.20. The zero-order valence-corrected chi connectivity index (χ0v) is 11.5. The van der Waals surface area contributed by atoms with E-state index >= 15 is 0 Å². The van der Waals surface area contributed by atoms with E-state index < -0.39 is 17.7 Å². The molecule has 1 unspecified atom stereocenters. The van der Waals surface area contributed by atoms with Gasteiger partial charge in [0.2, 0.25) is 0 Å². The molecule has 0 fully saturated rings. The van der Waals surface area contributed by atoms with E-state index in [0.717, 1.165) is 0 Å². The van der Waals surface area contributed by atoms with Crippen molar-refractivity contribution < 1.29 is 13.2 Å². The molecule has 1 aromatic heterocycles. The van der Waals surface area contributed by atoms with E-state index in [9.17, 15) is 8.78 Å². The molecule has 0 spiro atoms. The summed E-state index contributed by atoms with van der Waals surface area (Å²) in [6.45, 7) is 1.60. The summed E-state index contributed by atoms with van der Waals surface area (Å²) in [4.78, 5) is 0. The van der Waals surface area contributed by atoms with Gasteiger partial charge < -0.3 is 9.73 Å². The maximum absolute atomic E-state index is 14.1. The number of hydrogen-bond donors (Lipinski definition) is 1. The molecule has 1 N–H and O–H groups in total. The Bertz CT molecular complexity index is 568. The number of rotatable bonds is 3. The van der Waals surface area contributed by atoms with Crippen LogP contribution in [-0.2, 0) is 0 Å². The lowest BCUT2D eigenvalue weighted by Crippen LogP contribution is -2.20. The number of hydrogen-bond acceptors (Lipinski definition) is 2. The van der Waals surface area contributed by atoms with Gasteiger partial charge in [0, 0.05) is 5.56 Å². The van der Waals surface area contributed by atoms with Crippen LogP contribution in [0.25, 0.3) is 0 Å². The van der Waals surface area contributed by atoms with E-state index in [1.165, 1.54) is 12.1 Å². The highest BCUT2D eigenvalue weighted by Crippen LogP contribution is 2.30. The first kappa shape index (κ1) is 13.2. The van der Waals surface area contributed by atoms with Crippen LogP contribution in [0, 0.1) is 18.6 Å². The maximum atomic E-state index is 14.1. The highest BCUT2D eigenvalue weighted by atomic mass is 79.9. The minimum atomic E-state index is -0.656. The van der Waals surface area contributed by atoms with Gasteiger partial charge in [0.05, 0.1) is 6.04 Å². The topological polar surface area (TPSA) is 25.2 Å². The Morgan fingerprint density at radius 2 is 1.94 bits per heavy atom. The third-order valence-corrected chi connectivity index (χ3v) is 3.20. The summed E-state index contributed by atoms with van der Waals surface area (Å²) in [7, 11) is 1.63. The molecule has 5 heteroatoms. The second-order valence-electron chi connectivity index (χ2n) is 3.96. The Kier molecular flexibility index (Phi) is 3.82. The number of aryl methyl sites for hydroxylation is 1. The molecular weight excluding hydrogens is 304 g/mol. The van der Waals surface area contributed by atoms with E-state index in [-0.39, 0.29) is 5.56 Å². The Morgan fingerprint density at radius 3 is 2.50 bits per heavy atom. The molecule has 1 heterocycles. The van der Waals surface area contributed by atoms with Crippen molar-refractivity contribution in [3.05, 3.63) is 57.5 Å². The van der Waals surface area contributed by atoms with Crippen molar-refractivity contribution in [2.75, 3.05) is 7.05 Å².